The largest absolute Gasteiger partial charge is 0.456 e. The van der Waals surface area contributed by atoms with Gasteiger partial charge in [-0.15, -0.1) is 0 Å². The van der Waals surface area contributed by atoms with Crippen LogP contribution in [0.25, 0.3) is 21.9 Å². The Bertz CT molecular complexity index is 698. The van der Waals surface area contributed by atoms with E-state index in [1.807, 2.05) is 30.3 Å². The van der Waals surface area contributed by atoms with Gasteiger partial charge in [0.25, 0.3) is 0 Å². The lowest BCUT2D eigenvalue weighted by Crippen LogP contribution is -1.81. The van der Waals surface area contributed by atoms with E-state index >= 15 is 0 Å². The first kappa shape index (κ1) is 9.60. The van der Waals surface area contributed by atoms with Crippen molar-refractivity contribution in [2.45, 2.75) is 0 Å². The SMILES string of the molecule is O=Cc1cc(Br)cc2oc3ccccc3c12. The number of carbonyl (C=O) groups is 1. The number of halogens is 1. The van der Waals surface area contributed by atoms with Gasteiger partial charge in [0, 0.05) is 20.8 Å². The van der Waals surface area contributed by atoms with E-state index in [-0.39, 0.29) is 0 Å². The van der Waals surface area contributed by atoms with Crippen molar-refractivity contribution >= 4 is 44.2 Å². The number of para-hydroxylation sites is 1. The van der Waals surface area contributed by atoms with E-state index in [1.54, 1.807) is 6.07 Å². The summed E-state index contributed by atoms with van der Waals surface area (Å²) in [6, 6.07) is 11.4. The first-order valence-corrected chi connectivity index (χ1v) is 5.65. The Hall–Kier alpha value is -1.61. The molecule has 2 nitrogen and oxygen atoms in total. The van der Waals surface area contributed by atoms with Crippen molar-refractivity contribution in [3.63, 3.8) is 0 Å². The Morgan fingerprint density at radius 1 is 1.12 bits per heavy atom. The van der Waals surface area contributed by atoms with E-state index in [9.17, 15) is 4.79 Å². The number of carbonyl (C=O) groups excluding carboxylic acids is 1. The second-order valence-corrected chi connectivity index (χ2v) is 4.50. The topological polar surface area (TPSA) is 30.2 Å². The van der Waals surface area contributed by atoms with Gasteiger partial charge in [0.15, 0.2) is 6.29 Å². The smallest absolute Gasteiger partial charge is 0.150 e. The molecule has 0 amide bonds. The molecule has 0 aliphatic rings. The van der Waals surface area contributed by atoms with Gasteiger partial charge in [-0.3, -0.25) is 4.79 Å². The van der Waals surface area contributed by atoms with Gasteiger partial charge in [-0.2, -0.15) is 0 Å². The summed E-state index contributed by atoms with van der Waals surface area (Å²) in [7, 11) is 0. The predicted octanol–water partition coefficient (Wildman–Crippen LogP) is 4.16. The van der Waals surface area contributed by atoms with Crippen LogP contribution in [0, 0.1) is 0 Å². The minimum atomic E-state index is 0.648. The monoisotopic (exact) mass is 274 g/mol. The van der Waals surface area contributed by atoms with Gasteiger partial charge >= 0.3 is 0 Å². The molecule has 0 aliphatic heterocycles. The second-order valence-electron chi connectivity index (χ2n) is 3.58. The van der Waals surface area contributed by atoms with Gasteiger partial charge in [0.1, 0.15) is 11.2 Å². The number of aldehydes is 1. The van der Waals surface area contributed by atoms with E-state index in [0.29, 0.717) is 5.56 Å². The number of fused-ring (bicyclic) bond motifs is 3. The van der Waals surface area contributed by atoms with Crippen LogP contribution in [0.5, 0.6) is 0 Å². The summed E-state index contributed by atoms with van der Waals surface area (Å²) in [5.41, 5.74) is 2.19. The quantitative estimate of drug-likeness (QED) is 0.624. The fourth-order valence-electron chi connectivity index (χ4n) is 1.94. The first-order chi connectivity index (χ1) is 7.79. The number of benzene rings is 2. The molecule has 0 unspecified atom stereocenters. The molecule has 0 saturated carbocycles. The highest BCUT2D eigenvalue weighted by atomic mass is 79.9. The maximum Gasteiger partial charge on any atom is 0.150 e. The van der Waals surface area contributed by atoms with Crippen molar-refractivity contribution in [3.8, 4) is 0 Å². The maximum absolute atomic E-state index is 11.1. The molecular weight excluding hydrogens is 268 g/mol. The van der Waals surface area contributed by atoms with Crippen molar-refractivity contribution in [2.75, 3.05) is 0 Å². The predicted molar refractivity (Wildman–Crippen MR) is 66.8 cm³/mol. The van der Waals surface area contributed by atoms with Gasteiger partial charge in [-0.25, -0.2) is 0 Å². The average Bonchev–Trinajstić information content (AvgIpc) is 2.65. The molecule has 1 aromatic heterocycles. The molecule has 0 fully saturated rings. The molecule has 3 heteroatoms. The third-order valence-electron chi connectivity index (χ3n) is 2.60. The molecule has 0 atom stereocenters. The van der Waals surface area contributed by atoms with Crippen LogP contribution in [-0.4, -0.2) is 6.29 Å². The van der Waals surface area contributed by atoms with Crippen molar-refractivity contribution in [1.82, 2.24) is 0 Å². The standard InChI is InChI=1S/C13H7BrO2/c14-9-5-8(7-15)13-10-3-1-2-4-11(10)16-12(13)6-9/h1-7H. The lowest BCUT2D eigenvalue weighted by Gasteiger charge is -1.95. The minimum absolute atomic E-state index is 0.648. The Morgan fingerprint density at radius 2 is 1.94 bits per heavy atom. The van der Waals surface area contributed by atoms with E-state index < -0.39 is 0 Å². The molecule has 2 aromatic carbocycles. The van der Waals surface area contributed by atoms with Crippen LogP contribution < -0.4 is 0 Å². The molecule has 3 rings (SSSR count). The van der Waals surface area contributed by atoms with Gasteiger partial charge in [0.05, 0.1) is 0 Å². The molecule has 0 radical (unpaired) electrons. The summed E-state index contributed by atoms with van der Waals surface area (Å²) in [4.78, 5) is 11.1. The van der Waals surface area contributed by atoms with Crippen LogP contribution in [0.4, 0.5) is 0 Å². The summed E-state index contributed by atoms with van der Waals surface area (Å²) < 4.78 is 6.54. The zero-order valence-electron chi connectivity index (χ0n) is 8.24. The highest BCUT2D eigenvalue weighted by Crippen LogP contribution is 2.32. The number of furan rings is 1. The van der Waals surface area contributed by atoms with Crippen LogP contribution >= 0.6 is 15.9 Å². The Morgan fingerprint density at radius 3 is 2.75 bits per heavy atom. The molecule has 3 aromatic rings. The summed E-state index contributed by atoms with van der Waals surface area (Å²) in [6.45, 7) is 0. The molecule has 0 N–H and O–H groups in total. The highest BCUT2D eigenvalue weighted by Gasteiger charge is 2.11. The molecule has 0 saturated heterocycles. The van der Waals surface area contributed by atoms with E-state index in [4.69, 9.17) is 4.42 Å². The molecule has 78 valence electrons. The van der Waals surface area contributed by atoms with Crippen LogP contribution in [0.1, 0.15) is 10.4 Å². The van der Waals surface area contributed by atoms with Crippen molar-refractivity contribution in [3.05, 3.63) is 46.4 Å². The Balaban J connectivity index is 2.60. The van der Waals surface area contributed by atoms with Crippen LogP contribution in [0.15, 0.2) is 45.3 Å². The summed E-state index contributed by atoms with van der Waals surface area (Å²) in [5.74, 6) is 0. The number of hydrogen-bond acceptors (Lipinski definition) is 2. The lowest BCUT2D eigenvalue weighted by molar-refractivity contribution is 0.112. The van der Waals surface area contributed by atoms with Gasteiger partial charge in [0.2, 0.25) is 0 Å². The molecule has 0 aliphatic carbocycles. The maximum atomic E-state index is 11.1. The zero-order chi connectivity index (χ0) is 11.1. The molecule has 16 heavy (non-hydrogen) atoms. The third kappa shape index (κ3) is 1.28. The summed E-state index contributed by atoms with van der Waals surface area (Å²) in [5, 5.41) is 1.86. The molecule has 1 heterocycles. The molecular formula is C13H7BrO2. The Kier molecular flexibility index (Phi) is 2.07. The van der Waals surface area contributed by atoms with Crippen LogP contribution in [0.2, 0.25) is 0 Å². The van der Waals surface area contributed by atoms with Crippen molar-refractivity contribution in [2.24, 2.45) is 0 Å². The third-order valence-corrected chi connectivity index (χ3v) is 3.06. The lowest BCUT2D eigenvalue weighted by atomic mass is 10.1. The van der Waals surface area contributed by atoms with E-state index in [1.165, 1.54) is 0 Å². The molecule has 0 bridgehead atoms. The highest BCUT2D eigenvalue weighted by molar-refractivity contribution is 9.10. The van der Waals surface area contributed by atoms with Gasteiger partial charge < -0.3 is 4.42 Å². The fourth-order valence-corrected chi connectivity index (χ4v) is 2.40. The van der Waals surface area contributed by atoms with E-state index in [0.717, 1.165) is 32.7 Å². The van der Waals surface area contributed by atoms with Gasteiger partial charge in [-0.1, -0.05) is 34.1 Å². The van der Waals surface area contributed by atoms with Gasteiger partial charge in [-0.05, 0) is 18.2 Å². The zero-order valence-corrected chi connectivity index (χ0v) is 9.82. The summed E-state index contributed by atoms with van der Waals surface area (Å²) >= 11 is 3.36. The summed E-state index contributed by atoms with van der Waals surface area (Å²) in [6.07, 6.45) is 0.856. The average molecular weight is 275 g/mol. The van der Waals surface area contributed by atoms with Crippen LogP contribution in [-0.2, 0) is 0 Å². The Labute approximate surface area is 100.0 Å². The first-order valence-electron chi connectivity index (χ1n) is 4.85. The molecule has 0 spiro atoms. The van der Waals surface area contributed by atoms with E-state index in [2.05, 4.69) is 15.9 Å². The van der Waals surface area contributed by atoms with Crippen molar-refractivity contribution in [1.29, 1.82) is 0 Å². The second kappa shape index (κ2) is 3.46. The fraction of sp³-hybridized carbons (Fsp3) is 0. The number of rotatable bonds is 1. The van der Waals surface area contributed by atoms with Crippen molar-refractivity contribution < 1.29 is 9.21 Å². The normalized spacial score (nSPS) is 11.1. The minimum Gasteiger partial charge on any atom is -0.456 e. The van der Waals surface area contributed by atoms with Crippen LogP contribution in [0.3, 0.4) is 0 Å². The number of hydrogen-bond donors (Lipinski definition) is 0.